The highest BCUT2D eigenvalue weighted by Gasteiger charge is 2.28. The van der Waals surface area contributed by atoms with Gasteiger partial charge in [0.25, 0.3) is 0 Å². The van der Waals surface area contributed by atoms with Gasteiger partial charge in [-0.15, -0.1) is 0 Å². The number of piperidine rings is 1. The molecule has 0 saturated carbocycles. The minimum Gasteiger partial charge on any atom is -0.496 e. The molecular formula is C22H25BrN2O3. The van der Waals surface area contributed by atoms with Gasteiger partial charge in [-0.1, -0.05) is 46.3 Å². The topological polar surface area (TPSA) is 58.6 Å². The molecule has 1 heterocycles. The van der Waals surface area contributed by atoms with Gasteiger partial charge in [0.2, 0.25) is 11.8 Å². The van der Waals surface area contributed by atoms with E-state index in [-0.39, 0.29) is 17.7 Å². The molecule has 1 N–H and O–H groups in total. The molecule has 1 aliphatic heterocycles. The van der Waals surface area contributed by atoms with Crippen molar-refractivity contribution in [3.8, 4) is 5.75 Å². The van der Waals surface area contributed by atoms with Crippen molar-refractivity contribution in [1.29, 1.82) is 0 Å². The number of hydrogen-bond acceptors (Lipinski definition) is 3. The van der Waals surface area contributed by atoms with E-state index in [4.69, 9.17) is 4.74 Å². The number of nitrogens with zero attached hydrogens (tertiary/aromatic N) is 1. The SMILES string of the molecule is COc1ccc(Br)cc1CNC(=O)C1CCCN(C(=O)Cc2ccccc2)C1. The maximum Gasteiger partial charge on any atom is 0.227 e. The van der Waals surface area contributed by atoms with Gasteiger partial charge >= 0.3 is 0 Å². The summed E-state index contributed by atoms with van der Waals surface area (Å²) in [5, 5.41) is 3.00. The number of nitrogens with one attached hydrogen (secondary N) is 1. The zero-order valence-electron chi connectivity index (χ0n) is 16.0. The van der Waals surface area contributed by atoms with Crippen molar-refractivity contribution in [1.82, 2.24) is 10.2 Å². The summed E-state index contributed by atoms with van der Waals surface area (Å²) in [4.78, 5) is 27.1. The maximum atomic E-state index is 12.7. The molecular weight excluding hydrogens is 420 g/mol. The lowest BCUT2D eigenvalue weighted by molar-refractivity contribution is -0.135. The van der Waals surface area contributed by atoms with Crippen LogP contribution in [-0.4, -0.2) is 36.9 Å². The standard InChI is InChI=1S/C22H25BrN2O3/c1-28-20-10-9-19(23)13-18(20)14-24-22(27)17-8-5-11-25(15-17)21(26)12-16-6-3-2-4-7-16/h2-4,6-7,9-10,13,17H,5,8,11-12,14-15H2,1H3,(H,24,27). The molecule has 2 amide bonds. The highest BCUT2D eigenvalue weighted by atomic mass is 79.9. The van der Waals surface area contributed by atoms with E-state index >= 15 is 0 Å². The van der Waals surface area contributed by atoms with Crippen LogP contribution in [0.25, 0.3) is 0 Å². The molecule has 6 heteroatoms. The summed E-state index contributed by atoms with van der Waals surface area (Å²) in [6.07, 6.45) is 2.03. The smallest absolute Gasteiger partial charge is 0.227 e. The van der Waals surface area contributed by atoms with Crippen molar-refractivity contribution >= 4 is 27.7 Å². The number of methoxy groups -OCH3 is 1. The second-order valence-electron chi connectivity index (χ2n) is 7.02. The van der Waals surface area contributed by atoms with Crippen LogP contribution in [0.5, 0.6) is 5.75 Å². The van der Waals surface area contributed by atoms with E-state index < -0.39 is 0 Å². The van der Waals surface area contributed by atoms with Gasteiger partial charge in [-0.2, -0.15) is 0 Å². The van der Waals surface area contributed by atoms with E-state index in [1.165, 1.54) is 0 Å². The van der Waals surface area contributed by atoms with Crippen LogP contribution in [0.1, 0.15) is 24.0 Å². The monoisotopic (exact) mass is 444 g/mol. The lowest BCUT2D eigenvalue weighted by Gasteiger charge is -2.32. The third-order valence-corrected chi connectivity index (χ3v) is 5.53. The average Bonchev–Trinajstić information content (AvgIpc) is 2.73. The number of carbonyl (C=O) groups is 2. The second kappa shape index (κ2) is 9.73. The van der Waals surface area contributed by atoms with E-state index in [1.807, 2.05) is 53.4 Å². The highest BCUT2D eigenvalue weighted by molar-refractivity contribution is 9.10. The van der Waals surface area contributed by atoms with Crippen LogP contribution in [0.2, 0.25) is 0 Å². The Kier molecular flexibility index (Phi) is 7.09. The zero-order valence-corrected chi connectivity index (χ0v) is 17.6. The Morgan fingerprint density at radius 2 is 2.00 bits per heavy atom. The molecule has 1 fully saturated rings. The third kappa shape index (κ3) is 5.35. The number of amides is 2. The van der Waals surface area contributed by atoms with E-state index in [9.17, 15) is 9.59 Å². The Balaban J connectivity index is 1.55. The van der Waals surface area contributed by atoms with Gasteiger partial charge in [0.1, 0.15) is 5.75 Å². The fraction of sp³-hybridized carbons (Fsp3) is 0.364. The Morgan fingerprint density at radius 3 is 2.75 bits per heavy atom. The predicted octanol–water partition coefficient (Wildman–Crippen LogP) is 3.56. The summed E-state index contributed by atoms with van der Waals surface area (Å²) in [5.74, 6) is 0.634. The number of carbonyl (C=O) groups excluding carboxylic acids is 2. The van der Waals surface area contributed by atoms with Gasteiger partial charge in [0.05, 0.1) is 19.4 Å². The summed E-state index contributed by atoms with van der Waals surface area (Å²) < 4.78 is 6.30. The lowest BCUT2D eigenvalue weighted by Crippen LogP contribution is -2.45. The van der Waals surface area contributed by atoms with E-state index in [0.29, 0.717) is 19.5 Å². The van der Waals surface area contributed by atoms with Gasteiger partial charge < -0.3 is 15.0 Å². The summed E-state index contributed by atoms with van der Waals surface area (Å²) in [6, 6.07) is 15.4. The minimum absolute atomic E-state index is 0.0146. The number of likely N-dealkylation sites (tertiary alicyclic amines) is 1. The maximum absolute atomic E-state index is 12.7. The first-order chi connectivity index (χ1) is 13.6. The Morgan fingerprint density at radius 1 is 1.21 bits per heavy atom. The molecule has 1 atom stereocenters. The summed E-state index contributed by atoms with van der Waals surface area (Å²) in [5.41, 5.74) is 1.92. The van der Waals surface area contributed by atoms with Crippen LogP contribution in [0.4, 0.5) is 0 Å². The number of rotatable bonds is 6. The van der Waals surface area contributed by atoms with Crippen molar-refractivity contribution < 1.29 is 14.3 Å². The summed E-state index contributed by atoms with van der Waals surface area (Å²) in [6.45, 7) is 1.60. The lowest BCUT2D eigenvalue weighted by atomic mass is 9.96. The molecule has 5 nitrogen and oxygen atoms in total. The molecule has 148 valence electrons. The minimum atomic E-state index is -0.174. The highest BCUT2D eigenvalue weighted by Crippen LogP contribution is 2.23. The van der Waals surface area contributed by atoms with Crippen LogP contribution >= 0.6 is 15.9 Å². The second-order valence-corrected chi connectivity index (χ2v) is 7.93. The van der Waals surface area contributed by atoms with Gasteiger partial charge in [-0.05, 0) is 36.6 Å². The van der Waals surface area contributed by atoms with E-state index in [1.54, 1.807) is 7.11 Å². The first-order valence-electron chi connectivity index (χ1n) is 9.48. The van der Waals surface area contributed by atoms with Crippen molar-refractivity contribution in [2.75, 3.05) is 20.2 Å². The number of halogens is 1. The van der Waals surface area contributed by atoms with Crippen molar-refractivity contribution in [3.63, 3.8) is 0 Å². The first kappa shape index (κ1) is 20.4. The Bertz CT molecular complexity index is 826. The van der Waals surface area contributed by atoms with Gasteiger partial charge in [0.15, 0.2) is 0 Å². The van der Waals surface area contributed by atoms with Crippen molar-refractivity contribution in [3.05, 3.63) is 64.1 Å². The summed E-state index contributed by atoms with van der Waals surface area (Å²) in [7, 11) is 1.62. The van der Waals surface area contributed by atoms with Crippen molar-refractivity contribution in [2.45, 2.75) is 25.8 Å². The Hall–Kier alpha value is -2.34. The fourth-order valence-electron chi connectivity index (χ4n) is 3.51. The molecule has 0 radical (unpaired) electrons. The Labute approximate surface area is 174 Å². The van der Waals surface area contributed by atoms with Gasteiger partial charge in [0, 0.05) is 29.7 Å². The van der Waals surface area contributed by atoms with Crippen LogP contribution in [0, 0.1) is 5.92 Å². The third-order valence-electron chi connectivity index (χ3n) is 5.04. The predicted molar refractivity (Wildman–Crippen MR) is 112 cm³/mol. The van der Waals surface area contributed by atoms with Gasteiger partial charge in [-0.25, -0.2) is 0 Å². The van der Waals surface area contributed by atoms with Crippen LogP contribution in [0.15, 0.2) is 53.0 Å². The molecule has 0 aliphatic carbocycles. The largest absolute Gasteiger partial charge is 0.496 e. The van der Waals surface area contributed by atoms with E-state index in [2.05, 4.69) is 21.2 Å². The number of hydrogen-bond donors (Lipinski definition) is 1. The number of ether oxygens (including phenoxy) is 1. The summed E-state index contributed by atoms with van der Waals surface area (Å²) >= 11 is 3.45. The first-order valence-corrected chi connectivity index (χ1v) is 10.3. The molecule has 1 aliphatic rings. The van der Waals surface area contributed by atoms with Crippen LogP contribution in [-0.2, 0) is 22.6 Å². The van der Waals surface area contributed by atoms with Gasteiger partial charge in [-0.3, -0.25) is 9.59 Å². The molecule has 1 saturated heterocycles. The molecule has 0 spiro atoms. The van der Waals surface area contributed by atoms with Crippen molar-refractivity contribution in [2.24, 2.45) is 5.92 Å². The fourth-order valence-corrected chi connectivity index (χ4v) is 3.92. The average molecular weight is 445 g/mol. The quantitative estimate of drug-likeness (QED) is 0.740. The molecule has 2 aromatic carbocycles. The zero-order chi connectivity index (χ0) is 19.9. The molecule has 0 aromatic heterocycles. The molecule has 2 aromatic rings. The molecule has 1 unspecified atom stereocenters. The van der Waals surface area contributed by atoms with Crippen LogP contribution < -0.4 is 10.1 Å². The molecule has 28 heavy (non-hydrogen) atoms. The normalized spacial score (nSPS) is 16.5. The van der Waals surface area contributed by atoms with Crippen LogP contribution in [0.3, 0.4) is 0 Å². The molecule has 3 rings (SSSR count). The number of benzene rings is 2. The van der Waals surface area contributed by atoms with E-state index in [0.717, 1.165) is 40.7 Å². The molecule has 0 bridgehead atoms.